The van der Waals surface area contributed by atoms with Crippen LogP contribution in [-0.4, -0.2) is 89.0 Å². The molecule has 2 heterocycles. The molecule has 4 aromatic carbocycles. The zero-order valence-corrected chi connectivity index (χ0v) is 31.3. The standard InChI is InChI=1S/C39H36O13.4H2O/c1-43-32-13-21(14-33(44-2)38(32)47-5)30-17-24(41)36-26(9-7-11-28(36)51-30)49-19-23(40)20-50-27-10-8-12-29-37(27)25(42)18-31(52-29)22-15-34(45-3)39(48-6)35(16-22)46-4;;;;/h7-18,23,40H,19-20H2,1-6H3;4*1H2. The molecule has 2 aromatic heterocycles. The Bertz CT molecular complexity index is 2150. The van der Waals surface area contributed by atoms with Crippen LogP contribution in [0.25, 0.3) is 44.6 Å². The zero-order valence-electron chi connectivity index (χ0n) is 31.3. The van der Waals surface area contributed by atoms with Crippen molar-refractivity contribution in [3.63, 3.8) is 0 Å². The predicted octanol–water partition coefficient (Wildman–Crippen LogP) is 2.80. The Hall–Kier alpha value is -6.50. The average Bonchev–Trinajstić information content (AvgIpc) is 3.17. The summed E-state index contributed by atoms with van der Waals surface area (Å²) < 4.78 is 56.5. The fraction of sp³-hybridized carbons (Fsp3) is 0.231. The molecular weight excluding hydrogens is 740 g/mol. The zero-order chi connectivity index (χ0) is 36.9. The van der Waals surface area contributed by atoms with Crippen LogP contribution >= 0.6 is 0 Å². The van der Waals surface area contributed by atoms with E-state index in [0.29, 0.717) is 45.6 Å². The van der Waals surface area contributed by atoms with Crippen molar-refractivity contribution in [1.82, 2.24) is 0 Å². The summed E-state index contributed by atoms with van der Waals surface area (Å²) >= 11 is 0. The molecule has 302 valence electrons. The van der Waals surface area contributed by atoms with E-state index in [1.165, 1.54) is 54.8 Å². The minimum absolute atomic E-state index is 0. The quantitative estimate of drug-likeness (QED) is 0.166. The van der Waals surface area contributed by atoms with Gasteiger partial charge in [0.05, 0.1) is 42.7 Å². The van der Waals surface area contributed by atoms with E-state index in [1.807, 2.05) is 0 Å². The first-order valence-corrected chi connectivity index (χ1v) is 15.9. The Balaban J connectivity index is 0.00000271. The number of hydrogen-bond acceptors (Lipinski definition) is 13. The van der Waals surface area contributed by atoms with Crippen molar-refractivity contribution in [2.75, 3.05) is 55.9 Å². The second-order valence-electron chi connectivity index (χ2n) is 11.3. The highest BCUT2D eigenvalue weighted by molar-refractivity contribution is 5.86. The molecule has 0 saturated heterocycles. The topological polar surface area (TPSA) is 280 Å². The number of methoxy groups -OCH3 is 6. The highest BCUT2D eigenvalue weighted by atomic mass is 16.5. The Morgan fingerprint density at radius 2 is 0.839 bits per heavy atom. The van der Waals surface area contributed by atoms with Crippen molar-refractivity contribution >= 4 is 21.9 Å². The van der Waals surface area contributed by atoms with E-state index in [0.717, 1.165) is 0 Å². The third kappa shape index (κ3) is 8.89. The van der Waals surface area contributed by atoms with Gasteiger partial charge in [0, 0.05) is 23.3 Å². The van der Waals surface area contributed by atoms with Gasteiger partial charge in [0.2, 0.25) is 11.5 Å². The summed E-state index contributed by atoms with van der Waals surface area (Å²) in [5, 5.41) is 11.2. The van der Waals surface area contributed by atoms with Crippen LogP contribution in [0.5, 0.6) is 46.0 Å². The lowest BCUT2D eigenvalue weighted by molar-refractivity contribution is 0.0636. The molecule has 0 atom stereocenters. The van der Waals surface area contributed by atoms with Crippen molar-refractivity contribution in [3.8, 4) is 68.6 Å². The van der Waals surface area contributed by atoms with Crippen molar-refractivity contribution in [3.05, 3.63) is 93.2 Å². The molecule has 9 N–H and O–H groups in total. The summed E-state index contributed by atoms with van der Waals surface area (Å²) in [4.78, 5) is 26.7. The molecule has 0 fully saturated rings. The molecule has 0 aliphatic carbocycles. The van der Waals surface area contributed by atoms with Gasteiger partial charge in [0.25, 0.3) is 0 Å². The third-order valence-corrected chi connectivity index (χ3v) is 8.19. The van der Waals surface area contributed by atoms with Gasteiger partial charge in [0.15, 0.2) is 33.9 Å². The average molecular weight is 785 g/mol. The highest BCUT2D eigenvalue weighted by Gasteiger charge is 2.20. The molecule has 17 nitrogen and oxygen atoms in total. The molecule has 0 unspecified atom stereocenters. The van der Waals surface area contributed by atoms with Crippen LogP contribution < -0.4 is 48.8 Å². The van der Waals surface area contributed by atoms with E-state index in [-0.39, 0.29) is 90.9 Å². The van der Waals surface area contributed by atoms with Crippen LogP contribution in [0, 0.1) is 0 Å². The van der Waals surface area contributed by atoms with E-state index in [1.54, 1.807) is 60.7 Å². The lowest BCUT2D eigenvalue weighted by Gasteiger charge is -2.16. The van der Waals surface area contributed by atoms with Gasteiger partial charge in [-0.2, -0.15) is 0 Å². The third-order valence-electron chi connectivity index (χ3n) is 8.19. The van der Waals surface area contributed by atoms with Crippen molar-refractivity contribution < 1.29 is 73.7 Å². The minimum Gasteiger partial charge on any atom is -0.493 e. The van der Waals surface area contributed by atoms with Gasteiger partial charge in [-0.1, -0.05) is 12.1 Å². The number of aliphatic hydroxyl groups excluding tert-OH is 1. The number of benzene rings is 4. The van der Waals surface area contributed by atoms with Crippen LogP contribution in [-0.2, 0) is 0 Å². The molecular formula is C39H44O17. The summed E-state index contributed by atoms with van der Waals surface area (Å²) in [7, 11) is 8.98. The SMILES string of the molecule is COc1cc(-c2cc(=O)c3c(OCC(O)COc4cccc5oc(-c6cc(OC)c(OC)c(OC)c6)cc(=O)c45)cccc3o2)cc(OC)c1OC.O.O.O.O. The largest absolute Gasteiger partial charge is 0.493 e. The number of rotatable bonds is 14. The van der Waals surface area contributed by atoms with Gasteiger partial charge < -0.3 is 73.7 Å². The van der Waals surface area contributed by atoms with E-state index in [4.69, 9.17) is 46.7 Å². The molecule has 6 rings (SSSR count). The normalized spacial score (nSPS) is 10.3. The number of aliphatic hydroxyl groups is 1. The molecule has 6 aromatic rings. The summed E-state index contributed by atoms with van der Waals surface area (Å²) in [5.41, 5.74) is 0.889. The van der Waals surface area contributed by atoms with Gasteiger partial charge >= 0.3 is 0 Å². The number of hydrogen-bond donors (Lipinski definition) is 1. The van der Waals surface area contributed by atoms with E-state index in [2.05, 4.69) is 0 Å². The van der Waals surface area contributed by atoms with Crippen molar-refractivity contribution in [1.29, 1.82) is 0 Å². The maximum Gasteiger partial charge on any atom is 0.203 e. The van der Waals surface area contributed by atoms with Gasteiger partial charge in [0.1, 0.15) is 64.3 Å². The summed E-state index contributed by atoms with van der Waals surface area (Å²) in [6.07, 6.45) is -1.14. The van der Waals surface area contributed by atoms with Crippen molar-refractivity contribution in [2.24, 2.45) is 0 Å². The van der Waals surface area contributed by atoms with Gasteiger partial charge in [-0.15, -0.1) is 0 Å². The molecule has 0 radical (unpaired) electrons. The maximum absolute atomic E-state index is 13.4. The Morgan fingerprint density at radius 3 is 1.14 bits per heavy atom. The Morgan fingerprint density at radius 1 is 0.500 bits per heavy atom. The van der Waals surface area contributed by atoms with E-state index in [9.17, 15) is 14.7 Å². The second kappa shape index (κ2) is 19.7. The second-order valence-corrected chi connectivity index (χ2v) is 11.3. The fourth-order valence-electron chi connectivity index (χ4n) is 5.75. The first-order chi connectivity index (χ1) is 25.2. The first kappa shape index (κ1) is 45.7. The van der Waals surface area contributed by atoms with Gasteiger partial charge in [-0.3, -0.25) is 9.59 Å². The smallest absolute Gasteiger partial charge is 0.203 e. The number of fused-ring (bicyclic) bond motifs is 2. The lowest BCUT2D eigenvalue weighted by atomic mass is 10.1. The van der Waals surface area contributed by atoms with Crippen LogP contribution in [0.2, 0.25) is 0 Å². The fourth-order valence-corrected chi connectivity index (χ4v) is 5.75. The highest BCUT2D eigenvalue weighted by Crippen LogP contribution is 2.43. The summed E-state index contributed by atoms with van der Waals surface area (Å²) in [6.45, 7) is -0.449. The molecule has 0 bridgehead atoms. The Labute approximate surface area is 319 Å². The predicted molar refractivity (Wildman–Crippen MR) is 207 cm³/mol. The molecule has 56 heavy (non-hydrogen) atoms. The first-order valence-electron chi connectivity index (χ1n) is 15.9. The van der Waals surface area contributed by atoms with E-state index < -0.39 is 6.10 Å². The molecule has 0 aliphatic heterocycles. The lowest BCUT2D eigenvalue weighted by Crippen LogP contribution is -2.25. The van der Waals surface area contributed by atoms with Crippen molar-refractivity contribution in [2.45, 2.75) is 6.10 Å². The summed E-state index contributed by atoms with van der Waals surface area (Å²) in [6, 6.07) is 19.2. The van der Waals surface area contributed by atoms with E-state index >= 15 is 0 Å². The Kier molecular flexibility index (Phi) is 16.1. The van der Waals surface area contributed by atoms with Crippen LogP contribution in [0.4, 0.5) is 0 Å². The molecule has 0 saturated carbocycles. The molecule has 0 spiro atoms. The monoisotopic (exact) mass is 784 g/mol. The summed E-state index contributed by atoms with van der Waals surface area (Å²) in [5.74, 6) is 3.39. The van der Waals surface area contributed by atoms with Gasteiger partial charge in [-0.05, 0) is 48.5 Å². The van der Waals surface area contributed by atoms with Crippen LogP contribution in [0.3, 0.4) is 0 Å². The van der Waals surface area contributed by atoms with Gasteiger partial charge in [-0.25, -0.2) is 0 Å². The molecule has 0 aliphatic rings. The van der Waals surface area contributed by atoms with Crippen LogP contribution in [0.15, 0.2) is 91.2 Å². The van der Waals surface area contributed by atoms with Crippen LogP contribution in [0.1, 0.15) is 0 Å². The number of ether oxygens (including phenoxy) is 8. The molecule has 17 heteroatoms. The molecule has 0 amide bonds. The minimum atomic E-state index is -1.14. The maximum atomic E-state index is 13.4.